The van der Waals surface area contributed by atoms with Crippen LogP contribution in [0, 0.1) is 0 Å². The van der Waals surface area contributed by atoms with Crippen molar-refractivity contribution in [2.45, 2.75) is 0 Å². The van der Waals surface area contributed by atoms with Gasteiger partial charge in [0.05, 0.1) is 35.6 Å². The van der Waals surface area contributed by atoms with Crippen molar-refractivity contribution in [2.24, 2.45) is 0 Å². The summed E-state index contributed by atoms with van der Waals surface area (Å²) in [6.45, 7) is 0. The van der Waals surface area contributed by atoms with Gasteiger partial charge in [0.1, 0.15) is 12.1 Å². The molecule has 0 atom stereocenters. The van der Waals surface area contributed by atoms with Crippen LogP contribution in [0.15, 0.2) is 67.3 Å². The van der Waals surface area contributed by atoms with E-state index in [1.807, 2.05) is 34.9 Å². The third-order valence-electron chi connectivity index (χ3n) is 3.91. The van der Waals surface area contributed by atoms with E-state index in [-0.39, 0.29) is 5.91 Å². The fourth-order valence-electron chi connectivity index (χ4n) is 2.58. The number of hydrogen-bond donors (Lipinski definition) is 1. The zero-order valence-electron chi connectivity index (χ0n) is 14.0. The number of ether oxygens (including phenoxy) is 1. The lowest BCUT2D eigenvalue weighted by molar-refractivity contribution is 0.102. The minimum atomic E-state index is -0.261. The number of pyridine rings is 2. The third kappa shape index (κ3) is 2.98. The Bertz CT molecular complexity index is 1060. The molecule has 0 aliphatic rings. The monoisotopic (exact) mass is 345 g/mol. The number of rotatable bonds is 4. The summed E-state index contributed by atoms with van der Waals surface area (Å²) in [5.74, 6) is 0.922. The molecule has 7 heteroatoms. The standard InChI is InChI=1S/C19H15N5O2/c1-26-18-9-6-13(10-21-18)19(25)23-14-7-8-17(20-11-14)24-12-22-15-4-2-3-5-16(15)24/h2-12H,1H3,(H,23,25). The molecular weight excluding hydrogens is 330 g/mol. The van der Waals surface area contributed by atoms with Crippen LogP contribution in [-0.2, 0) is 0 Å². The number of para-hydroxylation sites is 2. The quantitative estimate of drug-likeness (QED) is 0.615. The van der Waals surface area contributed by atoms with Crippen molar-refractivity contribution in [3.8, 4) is 11.7 Å². The Kier molecular flexibility index (Phi) is 4.03. The molecule has 0 spiro atoms. The number of carbonyl (C=O) groups excluding carboxylic acids is 1. The van der Waals surface area contributed by atoms with E-state index in [0.717, 1.165) is 16.9 Å². The average Bonchev–Trinajstić information content (AvgIpc) is 3.13. The molecule has 1 amide bonds. The van der Waals surface area contributed by atoms with Crippen molar-refractivity contribution in [1.29, 1.82) is 0 Å². The van der Waals surface area contributed by atoms with Gasteiger partial charge in [0.25, 0.3) is 5.91 Å². The van der Waals surface area contributed by atoms with E-state index in [1.165, 1.54) is 13.3 Å². The molecule has 0 bridgehead atoms. The maximum atomic E-state index is 12.3. The highest BCUT2D eigenvalue weighted by molar-refractivity contribution is 6.04. The molecule has 0 aliphatic carbocycles. The Morgan fingerprint density at radius 1 is 1.00 bits per heavy atom. The number of carbonyl (C=O) groups is 1. The maximum absolute atomic E-state index is 12.3. The van der Waals surface area contributed by atoms with Gasteiger partial charge in [-0.15, -0.1) is 0 Å². The van der Waals surface area contributed by atoms with Crippen LogP contribution >= 0.6 is 0 Å². The first-order valence-corrected chi connectivity index (χ1v) is 7.94. The van der Waals surface area contributed by atoms with E-state index >= 15 is 0 Å². The summed E-state index contributed by atoms with van der Waals surface area (Å²) in [4.78, 5) is 25.1. The van der Waals surface area contributed by atoms with Crippen LogP contribution in [0.5, 0.6) is 5.88 Å². The largest absolute Gasteiger partial charge is 0.481 e. The molecule has 4 aromatic rings. The number of methoxy groups -OCH3 is 1. The van der Waals surface area contributed by atoms with Crippen molar-refractivity contribution in [2.75, 3.05) is 12.4 Å². The Morgan fingerprint density at radius 3 is 2.62 bits per heavy atom. The Labute approximate surface area is 149 Å². The molecule has 0 saturated heterocycles. The third-order valence-corrected chi connectivity index (χ3v) is 3.91. The molecular formula is C19H15N5O2. The molecule has 128 valence electrons. The minimum absolute atomic E-state index is 0.261. The van der Waals surface area contributed by atoms with Crippen LogP contribution in [0.3, 0.4) is 0 Å². The summed E-state index contributed by atoms with van der Waals surface area (Å²) in [5.41, 5.74) is 2.91. The fourth-order valence-corrected chi connectivity index (χ4v) is 2.58. The van der Waals surface area contributed by atoms with Crippen molar-refractivity contribution >= 4 is 22.6 Å². The van der Waals surface area contributed by atoms with Gasteiger partial charge in [0.15, 0.2) is 0 Å². The summed E-state index contributed by atoms with van der Waals surface area (Å²) >= 11 is 0. The second-order valence-electron chi connectivity index (χ2n) is 5.55. The first-order valence-electron chi connectivity index (χ1n) is 7.94. The van der Waals surface area contributed by atoms with Gasteiger partial charge in [0, 0.05) is 12.3 Å². The van der Waals surface area contributed by atoms with Crippen LogP contribution in [0.2, 0.25) is 0 Å². The molecule has 1 N–H and O–H groups in total. The van der Waals surface area contributed by atoms with E-state index in [1.54, 1.807) is 30.7 Å². The number of hydrogen-bond acceptors (Lipinski definition) is 5. The van der Waals surface area contributed by atoms with Gasteiger partial charge >= 0.3 is 0 Å². The Hall–Kier alpha value is -3.74. The number of fused-ring (bicyclic) bond motifs is 1. The second kappa shape index (κ2) is 6.64. The van der Waals surface area contributed by atoms with E-state index in [2.05, 4.69) is 20.3 Å². The molecule has 26 heavy (non-hydrogen) atoms. The molecule has 7 nitrogen and oxygen atoms in total. The van der Waals surface area contributed by atoms with Gasteiger partial charge in [0.2, 0.25) is 5.88 Å². The van der Waals surface area contributed by atoms with Gasteiger partial charge in [-0.2, -0.15) is 0 Å². The SMILES string of the molecule is COc1ccc(C(=O)Nc2ccc(-n3cnc4ccccc43)nc2)cn1. The lowest BCUT2D eigenvalue weighted by Gasteiger charge is -2.07. The summed E-state index contributed by atoms with van der Waals surface area (Å²) in [7, 11) is 1.53. The lowest BCUT2D eigenvalue weighted by atomic mass is 10.2. The molecule has 0 fully saturated rings. The molecule has 3 heterocycles. The van der Waals surface area contributed by atoms with E-state index in [9.17, 15) is 4.79 Å². The zero-order chi connectivity index (χ0) is 17.9. The van der Waals surface area contributed by atoms with Crippen LogP contribution in [0.1, 0.15) is 10.4 Å². The maximum Gasteiger partial charge on any atom is 0.257 e. The van der Waals surface area contributed by atoms with Crippen molar-refractivity contribution < 1.29 is 9.53 Å². The van der Waals surface area contributed by atoms with Crippen LogP contribution in [-0.4, -0.2) is 32.5 Å². The highest BCUT2D eigenvalue weighted by atomic mass is 16.5. The number of nitrogens with one attached hydrogen (secondary N) is 1. The molecule has 0 saturated carbocycles. The minimum Gasteiger partial charge on any atom is -0.481 e. The molecule has 0 unspecified atom stereocenters. The highest BCUT2D eigenvalue weighted by Gasteiger charge is 2.09. The summed E-state index contributed by atoms with van der Waals surface area (Å²) < 4.78 is 6.88. The fraction of sp³-hybridized carbons (Fsp3) is 0.0526. The summed E-state index contributed by atoms with van der Waals surface area (Å²) in [6.07, 6.45) is 4.81. The Morgan fingerprint density at radius 2 is 1.88 bits per heavy atom. The first-order chi connectivity index (χ1) is 12.7. The number of benzene rings is 1. The smallest absolute Gasteiger partial charge is 0.257 e. The normalized spacial score (nSPS) is 10.7. The van der Waals surface area contributed by atoms with E-state index in [4.69, 9.17) is 4.74 Å². The van der Waals surface area contributed by atoms with E-state index < -0.39 is 0 Å². The summed E-state index contributed by atoms with van der Waals surface area (Å²) in [5, 5.41) is 2.80. The zero-order valence-corrected chi connectivity index (χ0v) is 14.0. The highest BCUT2D eigenvalue weighted by Crippen LogP contribution is 2.18. The topological polar surface area (TPSA) is 81.9 Å². The van der Waals surface area contributed by atoms with Gasteiger partial charge in [-0.25, -0.2) is 15.0 Å². The van der Waals surface area contributed by atoms with Crippen LogP contribution in [0.25, 0.3) is 16.9 Å². The Balaban J connectivity index is 1.53. The number of amides is 1. The lowest BCUT2D eigenvalue weighted by Crippen LogP contribution is -2.12. The molecule has 4 rings (SSSR count). The molecule has 3 aromatic heterocycles. The van der Waals surface area contributed by atoms with Crippen LogP contribution < -0.4 is 10.1 Å². The van der Waals surface area contributed by atoms with E-state index in [0.29, 0.717) is 17.1 Å². The van der Waals surface area contributed by atoms with Crippen molar-refractivity contribution in [3.63, 3.8) is 0 Å². The average molecular weight is 345 g/mol. The van der Waals surface area contributed by atoms with Crippen LogP contribution in [0.4, 0.5) is 5.69 Å². The first kappa shape index (κ1) is 15.8. The van der Waals surface area contributed by atoms with Crippen molar-refractivity contribution in [1.82, 2.24) is 19.5 Å². The predicted octanol–water partition coefficient (Wildman–Crippen LogP) is 3.08. The molecule has 0 aliphatic heterocycles. The number of anilines is 1. The van der Waals surface area contributed by atoms with Gasteiger partial charge in [-0.05, 0) is 30.3 Å². The van der Waals surface area contributed by atoms with Gasteiger partial charge < -0.3 is 10.1 Å². The van der Waals surface area contributed by atoms with Crippen molar-refractivity contribution in [3.05, 3.63) is 72.8 Å². The molecule has 1 aromatic carbocycles. The summed E-state index contributed by atoms with van der Waals surface area (Å²) in [6, 6.07) is 14.8. The number of aromatic nitrogens is 4. The van der Waals surface area contributed by atoms with Gasteiger partial charge in [-0.1, -0.05) is 12.1 Å². The second-order valence-corrected chi connectivity index (χ2v) is 5.55. The number of nitrogens with zero attached hydrogens (tertiary/aromatic N) is 4. The molecule has 0 radical (unpaired) electrons. The van der Waals surface area contributed by atoms with Gasteiger partial charge in [-0.3, -0.25) is 9.36 Å². The predicted molar refractivity (Wildman–Crippen MR) is 97.6 cm³/mol. The number of imidazole rings is 1.